The van der Waals surface area contributed by atoms with Gasteiger partial charge in [0.1, 0.15) is 6.61 Å². The maximum absolute atomic E-state index is 12.2. The van der Waals surface area contributed by atoms with E-state index in [1.165, 1.54) is 0 Å². The zero-order chi connectivity index (χ0) is 23.9. The smallest absolute Gasteiger partial charge is 0.407 e. The minimum Gasteiger partial charge on any atom is -0.481 e. The molecule has 2 unspecified atom stereocenters. The maximum Gasteiger partial charge on any atom is 0.407 e. The van der Waals surface area contributed by atoms with Crippen molar-refractivity contribution in [3.63, 3.8) is 0 Å². The number of benzene rings is 2. The number of carboxylic acid groups (broad SMARTS) is 1. The molecular weight excluding hydrogens is 432 g/mol. The first-order valence-electron chi connectivity index (χ1n) is 11.7. The maximum atomic E-state index is 12.2. The molecule has 2 aliphatic rings. The van der Waals surface area contributed by atoms with Gasteiger partial charge in [-0.3, -0.25) is 9.59 Å². The SMILES string of the molecule is O=C(C#CCNC(=O)OCC1c2ccccc2-c2ccccc21)NC1CCCCCC1C(=O)O. The molecule has 2 aromatic carbocycles. The molecule has 0 heterocycles. The predicted molar refractivity (Wildman–Crippen MR) is 127 cm³/mol. The van der Waals surface area contributed by atoms with Gasteiger partial charge in [-0.2, -0.15) is 0 Å². The van der Waals surface area contributed by atoms with Gasteiger partial charge in [-0.1, -0.05) is 73.7 Å². The Morgan fingerprint density at radius 3 is 2.26 bits per heavy atom. The van der Waals surface area contributed by atoms with E-state index in [9.17, 15) is 19.5 Å². The van der Waals surface area contributed by atoms with Crippen LogP contribution in [0.3, 0.4) is 0 Å². The summed E-state index contributed by atoms with van der Waals surface area (Å²) in [6.45, 7) is 0.156. The average molecular weight is 461 g/mol. The van der Waals surface area contributed by atoms with Crippen LogP contribution in [-0.4, -0.2) is 42.3 Å². The van der Waals surface area contributed by atoms with E-state index in [4.69, 9.17) is 4.74 Å². The van der Waals surface area contributed by atoms with Gasteiger partial charge in [0, 0.05) is 12.0 Å². The average Bonchev–Trinajstić information content (AvgIpc) is 2.97. The molecule has 2 aromatic rings. The number of hydrogen-bond donors (Lipinski definition) is 3. The van der Waals surface area contributed by atoms with Crippen LogP contribution in [0.2, 0.25) is 0 Å². The zero-order valence-corrected chi connectivity index (χ0v) is 18.9. The number of nitrogens with one attached hydrogen (secondary N) is 2. The first-order chi connectivity index (χ1) is 16.5. The zero-order valence-electron chi connectivity index (χ0n) is 18.9. The Morgan fingerprint density at radius 2 is 1.59 bits per heavy atom. The molecule has 2 atom stereocenters. The Bertz CT molecular complexity index is 1090. The van der Waals surface area contributed by atoms with Crippen LogP contribution in [0.15, 0.2) is 48.5 Å². The van der Waals surface area contributed by atoms with E-state index in [0.717, 1.165) is 41.5 Å². The number of ether oxygens (including phenoxy) is 1. The van der Waals surface area contributed by atoms with Crippen LogP contribution in [0.25, 0.3) is 11.1 Å². The van der Waals surface area contributed by atoms with Crippen LogP contribution in [0.1, 0.15) is 49.1 Å². The molecule has 2 amide bonds. The van der Waals surface area contributed by atoms with Gasteiger partial charge in [-0.15, -0.1) is 0 Å². The van der Waals surface area contributed by atoms with Gasteiger partial charge in [-0.25, -0.2) is 4.79 Å². The van der Waals surface area contributed by atoms with Crippen molar-refractivity contribution >= 4 is 18.0 Å². The molecule has 0 aromatic heterocycles. The standard InChI is InChI=1S/C27H28N2O5/c30-25(29-24-14-3-1-2-13-22(24)26(31)32)15-8-16-28-27(33)34-17-23-20-11-6-4-9-18(20)19-10-5-7-12-21(19)23/h4-7,9-12,22-24H,1-3,13-14,16-17H2,(H,28,33)(H,29,30)(H,31,32). The number of carboxylic acids is 1. The van der Waals surface area contributed by atoms with E-state index in [-0.39, 0.29) is 19.1 Å². The van der Waals surface area contributed by atoms with Crippen LogP contribution in [0, 0.1) is 17.8 Å². The topological polar surface area (TPSA) is 105 Å². The first kappa shape index (κ1) is 23.4. The van der Waals surface area contributed by atoms with Gasteiger partial charge in [0.2, 0.25) is 0 Å². The molecule has 2 aliphatic carbocycles. The molecule has 0 radical (unpaired) electrons. The molecule has 0 aliphatic heterocycles. The van der Waals surface area contributed by atoms with Crippen LogP contribution in [0.5, 0.6) is 0 Å². The van der Waals surface area contributed by atoms with Crippen molar-refractivity contribution in [3.8, 4) is 23.0 Å². The Hall–Kier alpha value is -3.79. The highest BCUT2D eigenvalue weighted by Crippen LogP contribution is 2.44. The molecular formula is C27H28N2O5. The number of aliphatic carboxylic acids is 1. The summed E-state index contributed by atoms with van der Waals surface area (Å²) in [5.41, 5.74) is 4.57. The molecule has 0 spiro atoms. The Labute approximate surface area is 198 Å². The van der Waals surface area contributed by atoms with Gasteiger partial charge < -0.3 is 20.5 Å². The minimum atomic E-state index is -0.892. The van der Waals surface area contributed by atoms with E-state index in [1.54, 1.807) is 0 Å². The third-order valence-electron chi connectivity index (χ3n) is 6.52. The van der Waals surface area contributed by atoms with E-state index >= 15 is 0 Å². The predicted octanol–water partition coefficient (Wildman–Crippen LogP) is 3.68. The van der Waals surface area contributed by atoms with Crippen molar-refractivity contribution in [2.75, 3.05) is 13.2 Å². The highest BCUT2D eigenvalue weighted by Gasteiger charge is 2.30. The molecule has 4 rings (SSSR count). The largest absolute Gasteiger partial charge is 0.481 e. The summed E-state index contributed by atoms with van der Waals surface area (Å²) in [5, 5.41) is 14.7. The summed E-state index contributed by atoms with van der Waals surface area (Å²) in [6.07, 6.45) is 3.27. The fourth-order valence-electron chi connectivity index (χ4n) is 4.87. The summed E-state index contributed by atoms with van der Waals surface area (Å²) < 4.78 is 5.44. The summed E-state index contributed by atoms with van der Waals surface area (Å²) in [5.74, 6) is 2.98. The van der Waals surface area contributed by atoms with E-state index < -0.39 is 29.9 Å². The number of amides is 2. The van der Waals surface area contributed by atoms with Gasteiger partial charge in [0.25, 0.3) is 5.91 Å². The van der Waals surface area contributed by atoms with E-state index in [2.05, 4.69) is 46.7 Å². The molecule has 7 nitrogen and oxygen atoms in total. The summed E-state index contributed by atoms with van der Waals surface area (Å²) >= 11 is 0. The lowest BCUT2D eigenvalue weighted by atomic mass is 9.95. The number of hydrogen-bond acceptors (Lipinski definition) is 4. The first-order valence-corrected chi connectivity index (χ1v) is 11.7. The minimum absolute atomic E-state index is 0.0308. The molecule has 3 N–H and O–H groups in total. The number of carbonyl (C=O) groups excluding carboxylic acids is 2. The molecule has 7 heteroatoms. The monoisotopic (exact) mass is 460 g/mol. The molecule has 176 valence electrons. The Morgan fingerprint density at radius 1 is 0.941 bits per heavy atom. The molecule has 0 saturated heterocycles. The molecule has 34 heavy (non-hydrogen) atoms. The summed E-state index contributed by atoms with van der Waals surface area (Å²) in [6, 6.07) is 15.8. The quantitative estimate of drug-likeness (QED) is 0.466. The summed E-state index contributed by atoms with van der Waals surface area (Å²) in [7, 11) is 0. The van der Waals surface area contributed by atoms with Crippen LogP contribution >= 0.6 is 0 Å². The van der Waals surface area contributed by atoms with Gasteiger partial charge >= 0.3 is 12.1 Å². The van der Waals surface area contributed by atoms with Crippen molar-refractivity contribution in [3.05, 3.63) is 59.7 Å². The van der Waals surface area contributed by atoms with Crippen molar-refractivity contribution in [1.29, 1.82) is 0 Å². The highest BCUT2D eigenvalue weighted by molar-refractivity contribution is 5.94. The second-order valence-electron chi connectivity index (χ2n) is 8.64. The number of alkyl carbamates (subject to hydrolysis) is 1. The second kappa shape index (κ2) is 10.9. The van der Waals surface area contributed by atoms with Crippen molar-refractivity contribution in [1.82, 2.24) is 10.6 Å². The fourth-order valence-corrected chi connectivity index (χ4v) is 4.87. The van der Waals surface area contributed by atoms with Crippen molar-refractivity contribution in [2.24, 2.45) is 5.92 Å². The van der Waals surface area contributed by atoms with Crippen LogP contribution in [-0.2, 0) is 14.3 Å². The third kappa shape index (κ3) is 5.40. The fraction of sp³-hybridized carbons (Fsp3) is 0.370. The van der Waals surface area contributed by atoms with Crippen LogP contribution in [0.4, 0.5) is 4.79 Å². The third-order valence-corrected chi connectivity index (χ3v) is 6.52. The van der Waals surface area contributed by atoms with Gasteiger partial charge in [0.15, 0.2) is 0 Å². The number of carbonyl (C=O) groups is 3. The Kier molecular flexibility index (Phi) is 7.48. The van der Waals surface area contributed by atoms with E-state index in [0.29, 0.717) is 12.8 Å². The van der Waals surface area contributed by atoms with Gasteiger partial charge in [-0.05, 0) is 41.0 Å². The van der Waals surface area contributed by atoms with Crippen LogP contribution < -0.4 is 10.6 Å². The second-order valence-corrected chi connectivity index (χ2v) is 8.64. The summed E-state index contributed by atoms with van der Waals surface area (Å²) in [4.78, 5) is 35.8. The van der Waals surface area contributed by atoms with E-state index in [1.807, 2.05) is 24.3 Å². The molecule has 1 saturated carbocycles. The van der Waals surface area contributed by atoms with Crippen molar-refractivity contribution in [2.45, 2.75) is 44.1 Å². The molecule has 1 fully saturated rings. The number of rotatable bonds is 5. The highest BCUT2D eigenvalue weighted by atomic mass is 16.5. The number of fused-ring (bicyclic) bond motifs is 3. The lowest BCUT2D eigenvalue weighted by Gasteiger charge is -2.21. The normalized spacial score (nSPS) is 18.9. The van der Waals surface area contributed by atoms with Gasteiger partial charge in [0.05, 0.1) is 12.5 Å². The lowest BCUT2D eigenvalue weighted by Crippen LogP contribution is -2.42. The molecule has 0 bridgehead atoms. The lowest BCUT2D eigenvalue weighted by molar-refractivity contribution is -0.143. The van der Waals surface area contributed by atoms with Crippen molar-refractivity contribution < 1.29 is 24.2 Å². The Balaban J connectivity index is 1.26.